The summed E-state index contributed by atoms with van der Waals surface area (Å²) in [6, 6.07) is 8.20. The van der Waals surface area contributed by atoms with Crippen molar-refractivity contribution in [2.75, 3.05) is 13.7 Å². The molecule has 0 saturated heterocycles. The summed E-state index contributed by atoms with van der Waals surface area (Å²) in [5.41, 5.74) is 0.0662. The number of benzene rings is 2. The van der Waals surface area contributed by atoms with Crippen LogP contribution in [0.4, 0.5) is 24.5 Å². The highest BCUT2D eigenvalue weighted by Crippen LogP contribution is 2.45. The lowest BCUT2D eigenvalue weighted by Gasteiger charge is -2.36. The molecule has 3 rings (SSSR count). The third kappa shape index (κ3) is 4.44. The lowest BCUT2D eigenvalue weighted by atomic mass is 9.76. The fraction of sp³-hybridized carbons (Fsp3) is 0.400. The van der Waals surface area contributed by atoms with Crippen molar-refractivity contribution >= 4 is 23.7 Å². The number of rotatable bonds is 6. The van der Waals surface area contributed by atoms with Gasteiger partial charge in [-0.25, -0.2) is 0 Å². The first kappa shape index (κ1) is 24.6. The van der Waals surface area contributed by atoms with Crippen LogP contribution in [0.25, 0.3) is 6.08 Å². The molecule has 5 nitrogen and oxygen atoms in total. The molecule has 0 fully saturated rings. The predicted molar refractivity (Wildman–Crippen MR) is 123 cm³/mol. The van der Waals surface area contributed by atoms with Crippen molar-refractivity contribution in [3.63, 3.8) is 0 Å². The second-order valence-electron chi connectivity index (χ2n) is 8.46. The van der Waals surface area contributed by atoms with Gasteiger partial charge in [0, 0.05) is 27.9 Å². The second kappa shape index (κ2) is 9.09. The van der Waals surface area contributed by atoms with Crippen LogP contribution >= 0.6 is 0 Å². The van der Waals surface area contributed by atoms with E-state index in [-0.39, 0.29) is 12.2 Å². The van der Waals surface area contributed by atoms with Crippen LogP contribution in [0.1, 0.15) is 42.0 Å². The van der Waals surface area contributed by atoms with Gasteiger partial charge in [0.15, 0.2) is 5.60 Å². The Morgan fingerprint density at radius 1 is 1.18 bits per heavy atom. The average Bonchev–Trinajstić information content (AvgIpc) is 2.77. The largest absolute Gasteiger partial charge is 0.496 e. The molecule has 176 valence electrons. The number of ether oxygens (including phenoxy) is 1. The summed E-state index contributed by atoms with van der Waals surface area (Å²) in [4.78, 5) is 16.1. The molecule has 1 heterocycles. The molecule has 3 atom stereocenters. The van der Waals surface area contributed by atoms with Crippen molar-refractivity contribution in [3.8, 4) is 5.75 Å². The van der Waals surface area contributed by atoms with Gasteiger partial charge in [-0.15, -0.1) is 0 Å². The van der Waals surface area contributed by atoms with E-state index in [0.717, 1.165) is 15.9 Å². The molecule has 0 aliphatic carbocycles. The number of halogens is 3. The number of alkyl halides is 3. The number of nitrogens with zero attached hydrogens (tertiary/aromatic N) is 2. The zero-order chi connectivity index (χ0) is 24.6. The van der Waals surface area contributed by atoms with E-state index >= 15 is 0 Å². The molecule has 1 aliphatic heterocycles. The van der Waals surface area contributed by atoms with Crippen molar-refractivity contribution in [1.82, 2.24) is 0 Å². The molecular formula is C25H28F3N2O3+. The fourth-order valence-corrected chi connectivity index (χ4v) is 4.11. The number of hydrogen-bond donors (Lipinski definition) is 1. The third-order valence-electron chi connectivity index (χ3n) is 6.59. The Bertz CT molecular complexity index is 1120. The predicted octanol–water partition coefficient (Wildman–Crippen LogP) is 6.18. The van der Waals surface area contributed by atoms with Crippen LogP contribution < -0.4 is 4.74 Å². The molecule has 33 heavy (non-hydrogen) atoms. The number of fused-ring (bicyclic) bond motifs is 1. The Morgan fingerprint density at radius 3 is 2.52 bits per heavy atom. The molecular weight excluding hydrogens is 433 g/mol. The van der Waals surface area contributed by atoms with Crippen molar-refractivity contribution in [1.29, 1.82) is 0 Å². The standard InChI is InChI=1S/C25H28F3N2O3/c1-15-11-12-19(23(33-5)16(15)2)17(3)18(4)24(31,25(26,27)28)14-29-21-9-6-10-22-20(21)8-7-13-30(22)32/h6-12,14,17-18,31H,13H2,1-5H3/q+1. The van der Waals surface area contributed by atoms with Crippen LogP contribution in [-0.4, -0.2) is 41.5 Å². The molecule has 0 radical (unpaired) electrons. The van der Waals surface area contributed by atoms with Crippen molar-refractivity contribution in [3.05, 3.63) is 63.6 Å². The van der Waals surface area contributed by atoms with E-state index in [1.807, 2.05) is 19.9 Å². The molecule has 8 heteroatoms. The van der Waals surface area contributed by atoms with E-state index in [1.54, 1.807) is 37.3 Å². The second-order valence-corrected chi connectivity index (χ2v) is 8.46. The fourth-order valence-electron chi connectivity index (χ4n) is 4.11. The Kier molecular flexibility index (Phi) is 6.79. The molecule has 2 aromatic carbocycles. The number of methoxy groups -OCH3 is 1. The van der Waals surface area contributed by atoms with Gasteiger partial charge in [-0.1, -0.05) is 32.0 Å². The van der Waals surface area contributed by atoms with Crippen LogP contribution in [0.2, 0.25) is 0 Å². The maximum absolute atomic E-state index is 14.2. The maximum Gasteiger partial charge on any atom is 0.422 e. The van der Waals surface area contributed by atoms with E-state index < -0.39 is 23.6 Å². The minimum Gasteiger partial charge on any atom is -0.496 e. The highest BCUT2D eigenvalue weighted by molar-refractivity contribution is 5.80. The zero-order valence-electron chi connectivity index (χ0n) is 19.3. The minimum absolute atomic E-state index is 0.152. The highest BCUT2D eigenvalue weighted by atomic mass is 19.4. The quantitative estimate of drug-likeness (QED) is 0.412. The minimum atomic E-state index is -4.98. The number of aliphatic imine (C=N–C) groups is 1. The number of nitroso groups, excluding NO2 is 1. The number of aliphatic hydroxyl groups is 1. The lowest BCUT2D eigenvalue weighted by molar-refractivity contribution is -0.452. The summed E-state index contributed by atoms with van der Waals surface area (Å²) in [5.74, 6) is -1.49. The molecule has 1 N–H and O–H groups in total. The molecule has 2 aromatic rings. The van der Waals surface area contributed by atoms with Gasteiger partial charge in [-0.05, 0) is 54.7 Å². The summed E-state index contributed by atoms with van der Waals surface area (Å²) in [7, 11) is 1.48. The Balaban J connectivity index is 2.05. The molecule has 0 amide bonds. The van der Waals surface area contributed by atoms with Crippen LogP contribution in [0.15, 0.2) is 41.4 Å². The molecule has 0 aromatic heterocycles. The van der Waals surface area contributed by atoms with Gasteiger partial charge >= 0.3 is 6.18 Å². The van der Waals surface area contributed by atoms with Crippen molar-refractivity contribution in [2.45, 2.75) is 45.4 Å². The van der Waals surface area contributed by atoms with Crippen LogP contribution in [-0.2, 0) is 0 Å². The topological polar surface area (TPSA) is 61.9 Å². The van der Waals surface area contributed by atoms with Crippen molar-refractivity contribution in [2.24, 2.45) is 10.9 Å². The summed E-state index contributed by atoms with van der Waals surface area (Å²) in [5, 5.41) is 10.9. The Morgan fingerprint density at radius 2 is 1.88 bits per heavy atom. The SMILES string of the molecule is COc1c(C(C)C(C)C(O)(C=Nc2cccc3c2C=CC[N+]3=O)C(F)(F)F)ccc(C)c1C. The normalized spacial score (nSPS) is 17.5. The van der Waals surface area contributed by atoms with E-state index in [2.05, 4.69) is 4.99 Å². The van der Waals surface area contributed by atoms with E-state index in [9.17, 15) is 23.2 Å². The van der Waals surface area contributed by atoms with Crippen LogP contribution in [0.3, 0.4) is 0 Å². The van der Waals surface area contributed by atoms with Gasteiger partial charge in [0.2, 0.25) is 6.54 Å². The van der Waals surface area contributed by atoms with Gasteiger partial charge < -0.3 is 9.84 Å². The summed E-state index contributed by atoms with van der Waals surface area (Å²) in [6.07, 6.45) is -1.17. The molecule has 0 bridgehead atoms. The van der Waals surface area contributed by atoms with Gasteiger partial charge in [0.05, 0.1) is 18.4 Å². The summed E-state index contributed by atoms with van der Waals surface area (Å²) in [6.45, 7) is 6.87. The van der Waals surface area contributed by atoms with Crippen LogP contribution in [0, 0.1) is 24.7 Å². The third-order valence-corrected chi connectivity index (χ3v) is 6.59. The maximum atomic E-state index is 14.2. The van der Waals surface area contributed by atoms with Crippen molar-refractivity contribution < 1.29 is 27.8 Å². The van der Waals surface area contributed by atoms with Gasteiger partial charge in [0.25, 0.3) is 5.69 Å². The van der Waals surface area contributed by atoms with E-state index in [1.165, 1.54) is 20.1 Å². The Hall–Kier alpha value is -3.00. The van der Waals surface area contributed by atoms with Crippen LogP contribution in [0.5, 0.6) is 5.75 Å². The molecule has 1 aliphatic rings. The monoisotopic (exact) mass is 461 g/mol. The van der Waals surface area contributed by atoms with Gasteiger partial charge in [0.1, 0.15) is 5.75 Å². The summed E-state index contributed by atoms with van der Waals surface area (Å²) < 4.78 is 48.9. The number of aryl methyl sites for hydroxylation is 1. The smallest absolute Gasteiger partial charge is 0.422 e. The average molecular weight is 462 g/mol. The number of hydrogen-bond acceptors (Lipinski definition) is 4. The summed E-state index contributed by atoms with van der Waals surface area (Å²) >= 11 is 0. The van der Waals surface area contributed by atoms with Gasteiger partial charge in [-0.3, -0.25) is 4.99 Å². The lowest BCUT2D eigenvalue weighted by Crippen LogP contribution is -2.53. The van der Waals surface area contributed by atoms with E-state index in [0.29, 0.717) is 28.8 Å². The zero-order valence-corrected chi connectivity index (χ0v) is 19.3. The molecule has 3 unspecified atom stereocenters. The molecule has 0 spiro atoms. The van der Waals surface area contributed by atoms with Gasteiger partial charge in [-0.2, -0.15) is 13.2 Å². The first-order chi connectivity index (χ1) is 15.4. The van der Waals surface area contributed by atoms with E-state index in [4.69, 9.17) is 4.74 Å². The highest BCUT2D eigenvalue weighted by Gasteiger charge is 2.57. The first-order valence-corrected chi connectivity index (χ1v) is 10.6. The first-order valence-electron chi connectivity index (χ1n) is 10.6. The Labute approximate surface area is 191 Å². The molecule has 0 saturated carbocycles.